The molecule has 1 N–H and O–H groups in total. The molecule has 1 aliphatic rings. The fraction of sp³-hybridized carbons (Fsp3) is 0.412. The first-order valence-corrected chi connectivity index (χ1v) is 9.87. The van der Waals surface area contributed by atoms with Crippen molar-refractivity contribution in [3.63, 3.8) is 0 Å². The number of nitrogens with zero attached hydrogens (tertiary/aromatic N) is 2. The van der Waals surface area contributed by atoms with Crippen molar-refractivity contribution in [2.24, 2.45) is 0 Å². The molecular weight excluding hydrogens is 346 g/mol. The second-order valence-electron chi connectivity index (χ2n) is 6.32. The molecule has 24 heavy (non-hydrogen) atoms. The van der Waals surface area contributed by atoms with E-state index in [9.17, 15) is 8.42 Å². The van der Waals surface area contributed by atoms with Gasteiger partial charge >= 0.3 is 0 Å². The zero-order chi connectivity index (χ0) is 17.3. The highest BCUT2D eigenvalue weighted by Crippen LogP contribution is 2.26. The molecule has 0 amide bonds. The summed E-state index contributed by atoms with van der Waals surface area (Å²) in [6, 6.07) is 6.81. The van der Waals surface area contributed by atoms with Gasteiger partial charge in [-0.05, 0) is 68.0 Å². The van der Waals surface area contributed by atoms with Gasteiger partial charge in [0.1, 0.15) is 0 Å². The molecule has 128 valence electrons. The minimum absolute atomic E-state index is 0.150. The van der Waals surface area contributed by atoms with Crippen molar-refractivity contribution >= 4 is 21.6 Å². The predicted octanol–water partition coefficient (Wildman–Crippen LogP) is 2.90. The lowest BCUT2D eigenvalue weighted by atomic mass is 10.0. The van der Waals surface area contributed by atoms with Crippen molar-refractivity contribution in [1.82, 2.24) is 14.7 Å². The molecule has 0 spiro atoms. The van der Waals surface area contributed by atoms with Gasteiger partial charge in [0.15, 0.2) is 0 Å². The van der Waals surface area contributed by atoms with Gasteiger partial charge in [-0.15, -0.1) is 0 Å². The number of fused-ring (bicyclic) bond motifs is 1. The molecule has 0 saturated heterocycles. The molecule has 0 bridgehead atoms. The minimum atomic E-state index is -3.50. The summed E-state index contributed by atoms with van der Waals surface area (Å²) in [5.74, 6) is 0. The van der Waals surface area contributed by atoms with Gasteiger partial charge in [0, 0.05) is 18.2 Å². The number of aryl methyl sites for hydroxylation is 1. The Hall–Kier alpha value is -1.50. The van der Waals surface area contributed by atoms with E-state index in [0.717, 1.165) is 41.8 Å². The number of sulfonamides is 1. The van der Waals surface area contributed by atoms with Crippen LogP contribution in [0.4, 0.5) is 0 Å². The molecule has 0 fully saturated rings. The van der Waals surface area contributed by atoms with E-state index in [1.807, 2.05) is 6.07 Å². The maximum absolute atomic E-state index is 12.3. The Balaban J connectivity index is 1.92. The zero-order valence-electron chi connectivity index (χ0n) is 13.7. The second kappa shape index (κ2) is 6.78. The summed E-state index contributed by atoms with van der Waals surface area (Å²) in [6.07, 6.45) is 3.49. The van der Waals surface area contributed by atoms with E-state index in [0.29, 0.717) is 6.42 Å². The first-order valence-electron chi connectivity index (χ1n) is 8.00. The Morgan fingerprint density at radius 3 is 2.79 bits per heavy atom. The van der Waals surface area contributed by atoms with Crippen LogP contribution in [0.15, 0.2) is 29.2 Å². The molecule has 0 unspecified atom stereocenters. The molecule has 0 saturated carbocycles. The number of nitrogens with one attached hydrogen (secondary N) is 1. The molecule has 2 aromatic rings. The van der Waals surface area contributed by atoms with Crippen LogP contribution in [-0.2, 0) is 29.3 Å². The summed E-state index contributed by atoms with van der Waals surface area (Å²) < 4.78 is 27.3. The van der Waals surface area contributed by atoms with Gasteiger partial charge in [-0.2, -0.15) is 0 Å². The standard InChI is InChI=1S/C17H20ClN3O2S/c1-11(2)21-24(22,23)13-6-3-5-12(9-13)10-16-14-7-4-8-15(14)19-17(18)20-16/h3,5-6,9,11,21H,4,7-8,10H2,1-2H3. The summed E-state index contributed by atoms with van der Waals surface area (Å²) in [5.41, 5.74) is 3.97. The molecular formula is C17H20ClN3O2S. The normalized spacial score (nSPS) is 14.2. The smallest absolute Gasteiger partial charge is 0.223 e. The summed E-state index contributed by atoms with van der Waals surface area (Å²) in [6.45, 7) is 3.60. The van der Waals surface area contributed by atoms with Crippen molar-refractivity contribution in [3.05, 3.63) is 52.1 Å². The van der Waals surface area contributed by atoms with Gasteiger partial charge in [-0.3, -0.25) is 0 Å². The molecule has 7 heteroatoms. The molecule has 3 rings (SSSR count). The lowest BCUT2D eigenvalue weighted by Gasteiger charge is -2.12. The van der Waals surface area contributed by atoms with E-state index in [4.69, 9.17) is 11.6 Å². The number of aromatic nitrogens is 2. The van der Waals surface area contributed by atoms with Gasteiger partial charge in [-0.1, -0.05) is 12.1 Å². The van der Waals surface area contributed by atoms with E-state index in [-0.39, 0.29) is 16.2 Å². The third-order valence-electron chi connectivity index (χ3n) is 3.96. The van der Waals surface area contributed by atoms with E-state index < -0.39 is 10.0 Å². The summed E-state index contributed by atoms with van der Waals surface area (Å²) in [5, 5.41) is 0.260. The number of halogens is 1. The lowest BCUT2D eigenvalue weighted by molar-refractivity contribution is 0.569. The van der Waals surface area contributed by atoms with Crippen molar-refractivity contribution in [2.45, 2.75) is 50.5 Å². The third-order valence-corrected chi connectivity index (χ3v) is 5.79. The van der Waals surface area contributed by atoms with Crippen LogP contribution in [0.2, 0.25) is 5.28 Å². The molecule has 1 aromatic carbocycles. The van der Waals surface area contributed by atoms with Crippen molar-refractivity contribution in [1.29, 1.82) is 0 Å². The largest absolute Gasteiger partial charge is 0.240 e. The average molecular weight is 366 g/mol. The topological polar surface area (TPSA) is 72.0 Å². The number of rotatable bonds is 5. The Kier molecular flexibility index (Phi) is 4.90. The van der Waals surface area contributed by atoms with Crippen molar-refractivity contribution < 1.29 is 8.42 Å². The monoisotopic (exact) mass is 365 g/mol. The summed E-state index contributed by atoms with van der Waals surface area (Å²) in [7, 11) is -3.50. The van der Waals surface area contributed by atoms with Gasteiger partial charge < -0.3 is 0 Å². The van der Waals surface area contributed by atoms with Crippen LogP contribution < -0.4 is 4.72 Å². The van der Waals surface area contributed by atoms with Crippen LogP contribution in [-0.4, -0.2) is 24.4 Å². The highest BCUT2D eigenvalue weighted by atomic mass is 35.5. The van der Waals surface area contributed by atoms with Gasteiger partial charge in [0.2, 0.25) is 15.3 Å². The summed E-state index contributed by atoms with van der Waals surface area (Å²) >= 11 is 6.03. The quantitative estimate of drug-likeness (QED) is 0.827. The van der Waals surface area contributed by atoms with Crippen LogP contribution in [0.5, 0.6) is 0 Å². The molecule has 1 heterocycles. The van der Waals surface area contributed by atoms with Gasteiger partial charge in [0.25, 0.3) is 0 Å². The van der Waals surface area contributed by atoms with Gasteiger partial charge in [0.05, 0.1) is 10.6 Å². The van der Waals surface area contributed by atoms with Crippen LogP contribution in [0.1, 0.15) is 42.8 Å². The summed E-state index contributed by atoms with van der Waals surface area (Å²) in [4.78, 5) is 8.93. The van der Waals surface area contributed by atoms with Gasteiger partial charge in [-0.25, -0.2) is 23.1 Å². The minimum Gasteiger partial charge on any atom is -0.223 e. The Labute approximate surface area is 147 Å². The molecule has 0 radical (unpaired) electrons. The third kappa shape index (κ3) is 3.77. The molecule has 0 aliphatic heterocycles. The zero-order valence-corrected chi connectivity index (χ0v) is 15.3. The average Bonchev–Trinajstić information content (AvgIpc) is 2.94. The SMILES string of the molecule is CC(C)NS(=O)(=O)c1cccc(Cc2nc(Cl)nc3c2CCC3)c1. The van der Waals surface area contributed by atoms with Crippen LogP contribution in [0, 0.1) is 0 Å². The highest BCUT2D eigenvalue weighted by Gasteiger charge is 2.20. The van der Waals surface area contributed by atoms with E-state index in [1.54, 1.807) is 32.0 Å². The maximum Gasteiger partial charge on any atom is 0.240 e. The van der Waals surface area contributed by atoms with E-state index in [2.05, 4.69) is 14.7 Å². The van der Waals surface area contributed by atoms with Crippen molar-refractivity contribution in [2.75, 3.05) is 0 Å². The predicted molar refractivity (Wildman–Crippen MR) is 93.8 cm³/mol. The first-order chi connectivity index (χ1) is 11.3. The fourth-order valence-corrected chi connectivity index (χ4v) is 4.54. The van der Waals surface area contributed by atoms with E-state index in [1.165, 1.54) is 0 Å². The molecule has 1 aromatic heterocycles. The second-order valence-corrected chi connectivity index (χ2v) is 8.37. The Morgan fingerprint density at radius 1 is 1.25 bits per heavy atom. The number of benzene rings is 1. The first kappa shape index (κ1) is 17.3. The van der Waals surface area contributed by atoms with E-state index >= 15 is 0 Å². The Bertz CT molecular complexity index is 866. The number of hydrogen-bond acceptors (Lipinski definition) is 4. The maximum atomic E-state index is 12.3. The molecule has 5 nitrogen and oxygen atoms in total. The molecule has 0 atom stereocenters. The lowest BCUT2D eigenvalue weighted by Crippen LogP contribution is -2.30. The van der Waals surface area contributed by atoms with Crippen LogP contribution in [0.25, 0.3) is 0 Å². The number of hydrogen-bond donors (Lipinski definition) is 1. The van der Waals surface area contributed by atoms with Crippen molar-refractivity contribution in [3.8, 4) is 0 Å². The fourth-order valence-electron chi connectivity index (χ4n) is 3.02. The molecule has 1 aliphatic carbocycles. The van der Waals surface area contributed by atoms with Crippen LogP contribution in [0.3, 0.4) is 0 Å². The van der Waals surface area contributed by atoms with Crippen LogP contribution >= 0.6 is 11.6 Å². The Morgan fingerprint density at radius 2 is 2.04 bits per heavy atom. The highest BCUT2D eigenvalue weighted by molar-refractivity contribution is 7.89.